The number of H-pyrrole nitrogens is 1. The largest absolute Gasteiger partial charge is 0.431 e. The van der Waals surface area contributed by atoms with Crippen molar-refractivity contribution in [3.63, 3.8) is 0 Å². The second kappa shape index (κ2) is 4.92. The van der Waals surface area contributed by atoms with E-state index in [4.69, 9.17) is 0 Å². The van der Waals surface area contributed by atoms with Gasteiger partial charge in [-0.3, -0.25) is 4.52 Å². The molecule has 6 nitrogen and oxygen atoms in total. The van der Waals surface area contributed by atoms with Crippen LogP contribution >= 0.6 is 0 Å². The molecule has 0 aliphatic heterocycles. The first kappa shape index (κ1) is 10.9. The Morgan fingerprint density at radius 1 is 1.57 bits per heavy atom. The van der Waals surface area contributed by atoms with E-state index in [0.717, 1.165) is 13.1 Å². The Morgan fingerprint density at radius 3 is 2.79 bits per heavy atom. The van der Waals surface area contributed by atoms with Crippen LogP contribution in [0.4, 0.5) is 0 Å². The summed E-state index contributed by atoms with van der Waals surface area (Å²) in [5.41, 5.74) is 0.286. The zero-order chi connectivity index (χ0) is 10.6. The van der Waals surface area contributed by atoms with Gasteiger partial charge >= 0.3 is 11.3 Å². The molecule has 0 aliphatic rings. The molecule has 6 heteroatoms. The highest BCUT2D eigenvalue weighted by atomic mass is 16.5. The van der Waals surface area contributed by atoms with Crippen molar-refractivity contribution in [1.82, 2.24) is 15.5 Å². The summed E-state index contributed by atoms with van der Waals surface area (Å²) in [7, 11) is 5.76. The number of aromatic nitrogens is 2. The van der Waals surface area contributed by atoms with Gasteiger partial charge in [0.2, 0.25) is 0 Å². The number of hydrogen-bond donors (Lipinski definition) is 2. The van der Waals surface area contributed by atoms with Crippen molar-refractivity contribution in [2.45, 2.75) is 6.54 Å². The molecule has 1 rings (SSSR count). The minimum Gasteiger partial charge on any atom is -0.308 e. The Bertz CT molecular complexity index is 328. The van der Waals surface area contributed by atoms with Crippen LogP contribution in [0.15, 0.2) is 9.32 Å². The van der Waals surface area contributed by atoms with Crippen LogP contribution in [0.2, 0.25) is 0 Å². The van der Waals surface area contributed by atoms with E-state index >= 15 is 0 Å². The van der Waals surface area contributed by atoms with Crippen LogP contribution < -0.4 is 15.6 Å². The average Bonchev–Trinajstić information content (AvgIpc) is 2.42. The summed E-state index contributed by atoms with van der Waals surface area (Å²) in [6, 6.07) is 0. The van der Waals surface area contributed by atoms with Crippen molar-refractivity contribution < 1.29 is 9.20 Å². The predicted molar refractivity (Wildman–Crippen MR) is 50.8 cm³/mol. The Morgan fingerprint density at radius 2 is 2.29 bits per heavy atom. The predicted octanol–water partition coefficient (Wildman–Crippen LogP) is -1.56. The molecule has 80 valence electrons. The molecule has 1 heterocycles. The van der Waals surface area contributed by atoms with Crippen LogP contribution in [0.1, 0.15) is 5.69 Å². The third kappa shape index (κ3) is 2.97. The van der Waals surface area contributed by atoms with Gasteiger partial charge in [-0.05, 0) is 19.4 Å². The lowest BCUT2D eigenvalue weighted by Crippen LogP contribution is -2.40. The molecule has 0 amide bonds. The number of rotatable bonds is 5. The Balaban J connectivity index is 2.35. The lowest BCUT2D eigenvalue weighted by atomic mass is 10.4. The monoisotopic (exact) mass is 201 g/mol. The molecule has 0 aromatic carbocycles. The lowest BCUT2D eigenvalue weighted by molar-refractivity contribution is -0.746. The smallest absolute Gasteiger partial charge is 0.308 e. The van der Waals surface area contributed by atoms with Gasteiger partial charge in [-0.1, -0.05) is 4.68 Å². The van der Waals surface area contributed by atoms with E-state index in [1.165, 1.54) is 0 Å². The number of nitrogens with zero attached hydrogens (tertiary/aromatic N) is 2. The highest BCUT2D eigenvalue weighted by molar-refractivity contribution is 4.81. The van der Waals surface area contributed by atoms with Crippen molar-refractivity contribution in [3.8, 4) is 0 Å². The summed E-state index contributed by atoms with van der Waals surface area (Å²) in [5, 5.41) is 5.62. The van der Waals surface area contributed by atoms with Crippen molar-refractivity contribution in [3.05, 3.63) is 16.1 Å². The van der Waals surface area contributed by atoms with E-state index in [2.05, 4.69) is 20.0 Å². The van der Waals surface area contributed by atoms with E-state index in [-0.39, 0.29) is 5.63 Å². The molecule has 14 heavy (non-hydrogen) atoms. The van der Waals surface area contributed by atoms with Gasteiger partial charge in [0.05, 0.1) is 6.54 Å². The van der Waals surface area contributed by atoms with Gasteiger partial charge in [-0.2, -0.15) is 0 Å². The molecule has 0 bridgehead atoms. The standard InChI is InChI=1S/C8H16N4O2/c1-11(2)5-4-9-6-7-8(13)14-10-12(7)3/h9H,4-6H2,1-3H3/p+1. The number of hydrogen-bond acceptors (Lipinski definition) is 4. The Labute approximate surface area is 82.5 Å². The quantitative estimate of drug-likeness (QED) is 0.447. The topological polar surface area (TPSA) is 65.2 Å². The van der Waals surface area contributed by atoms with Gasteiger partial charge in [0, 0.05) is 13.1 Å². The normalized spacial score (nSPS) is 11.1. The highest BCUT2D eigenvalue weighted by Crippen LogP contribution is 1.79. The molecular weight excluding hydrogens is 184 g/mol. The van der Waals surface area contributed by atoms with E-state index in [1.54, 1.807) is 11.7 Å². The van der Waals surface area contributed by atoms with E-state index in [9.17, 15) is 4.79 Å². The van der Waals surface area contributed by atoms with E-state index < -0.39 is 0 Å². The summed E-state index contributed by atoms with van der Waals surface area (Å²) < 4.78 is 6.18. The van der Waals surface area contributed by atoms with Crippen LogP contribution in [-0.2, 0) is 13.6 Å². The minimum absolute atomic E-state index is 0.315. The fourth-order valence-electron chi connectivity index (χ4n) is 1.06. The van der Waals surface area contributed by atoms with Crippen molar-refractivity contribution >= 4 is 0 Å². The second-order valence-corrected chi connectivity index (χ2v) is 3.47. The molecule has 0 spiro atoms. The molecule has 1 aromatic rings. The summed E-state index contributed by atoms with van der Waals surface area (Å²) in [6.45, 7) is 2.31. The molecule has 2 N–H and O–H groups in total. The highest BCUT2D eigenvalue weighted by Gasteiger charge is 2.15. The van der Waals surface area contributed by atoms with Gasteiger partial charge in [-0.15, -0.1) is 0 Å². The second-order valence-electron chi connectivity index (χ2n) is 3.47. The molecule has 0 atom stereocenters. The third-order valence-electron chi connectivity index (χ3n) is 1.94. The number of aromatic amines is 1. The molecule has 0 unspecified atom stereocenters. The van der Waals surface area contributed by atoms with Gasteiger partial charge in [0.1, 0.15) is 0 Å². The van der Waals surface area contributed by atoms with Gasteiger partial charge < -0.3 is 10.2 Å². The summed E-state index contributed by atoms with van der Waals surface area (Å²) >= 11 is 0. The molecule has 0 saturated heterocycles. The summed E-state index contributed by atoms with van der Waals surface area (Å²) in [6.07, 6.45) is 0. The first-order valence-corrected chi connectivity index (χ1v) is 4.53. The van der Waals surface area contributed by atoms with Gasteiger partial charge in [0.15, 0.2) is 7.05 Å². The maximum absolute atomic E-state index is 11.1. The fourth-order valence-corrected chi connectivity index (χ4v) is 1.06. The molecule has 0 aliphatic carbocycles. The number of aryl methyl sites for hydroxylation is 1. The maximum atomic E-state index is 11.1. The van der Waals surface area contributed by atoms with Gasteiger partial charge in [0.25, 0.3) is 0 Å². The van der Waals surface area contributed by atoms with Crippen LogP contribution in [0.5, 0.6) is 0 Å². The molecule has 1 aromatic heterocycles. The first-order chi connectivity index (χ1) is 6.61. The van der Waals surface area contributed by atoms with Crippen LogP contribution in [0.25, 0.3) is 0 Å². The van der Waals surface area contributed by atoms with Gasteiger partial charge in [-0.25, -0.2) is 4.79 Å². The Hall–Kier alpha value is -1.14. The van der Waals surface area contributed by atoms with Crippen molar-refractivity contribution in [2.75, 3.05) is 27.2 Å². The zero-order valence-corrected chi connectivity index (χ0v) is 8.83. The minimum atomic E-state index is -0.315. The number of likely N-dealkylation sites (N-methyl/N-ethyl adjacent to an activating group) is 1. The molecule has 0 saturated carbocycles. The maximum Gasteiger partial charge on any atom is 0.431 e. The Kier molecular flexibility index (Phi) is 3.84. The third-order valence-corrected chi connectivity index (χ3v) is 1.94. The van der Waals surface area contributed by atoms with E-state index in [0.29, 0.717) is 12.2 Å². The SMILES string of the molecule is CN(C)CCNCc1c(=O)o[nH][n+]1C. The fraction of sp³-hybridized carbons (Fsp3) is 0.750. The molecule has 0 fully saturated rings. The van der Waals surface area contributed by atoms with Crippen molar-refractivity contribution in [2.24, 2.45) is 7.05 Å². The van der Waals surface area contributed by atoms with Crippen LogP contribution in [0.3, 0.4) is 0 Å². The first-order valence-electron chi connectivity index (χ1n) is 4.53. The summed E-state index contributed by atoms with van der Waals surface area (Å²) in [5.74, 6) is 0. The summed E-state index contributed by atoms with van der Waals surface area (Å²) in [4.78, 5) is 13.2. The molecule has 0 radical (unpaired) electrons. The molecular formula is C8H17N4O2+. The van der Waals surface area contributed by atoms with E-state index in [1.807, 2.05) is 14.1 Å². The lowest BCUT2D eigenvalue weighted by Gasteiger charge is -2.08. The number of nitrogens with one attached hydrogen (secondary N) is 2. The zero-order valence-electron chi connectivity index (χ0n) is 8.83. The average molecular weight is 201 g/mol. The van der Waals surface area contributed by atoms with Crippen molar-refractivity contribution in [1.29, 1.82) is 0 Å². The van der Waals surface area contributed by atoms with Crippen LogP contribution in [0, 0.1) is 0 Å². The van der Waals surface area contributed by atoms with Crippen LogP contribution in [-0.4, -0.2) is 37.4 Å².